The molecule has 1 aromatic rings. The SMILES string of the molecule is Cc1cccc(C(C)C)c1NC(=O)CN1CCCC(C)C1CO. The average Bonchev–Trinajstić information content (AvgIpc) is 2.49. The van der Waals surface area contributed by atoms with E-state index in [9.17, 15) is 9.90 Å². The number of carbonyl (C=O) groups excluding carboxylic acids is 1. The van der Waals surface area contributed by atoms with E-state index < -0.39 is 0 Å². The van der Waals surface area contributed by atoms with Gasteiger partial charge in [-0.1, -0.05) is 39.0 Å². The van der Waals surface area contributed by atoms with Crippen LogP contribution in [-0.4, -0.2) is 41.7 Å². The molecule has 1 amide bonds. The van der Waals surface area contributed by atoms with Gasteiger partial charge in [-0.25, -0.2) is 0 Å². The van der Waals surface area contributed by atoms with Crippen LogP contribution in [0.25, 0.3) is 0 Å². The van der Waals surface area contributed by atoms with Gasteiger partial charge in [-0.3, -0.25) is 9.69 Å². The number of aliphatic hydroxyl groups is 1. The number of benzene rings is 1. The zero-order valence-corrected chi connectivity index (χ0v) is 14.8. The van der Waals surface area contributed by atoms with Gasteiger partial charge in [-0.15, -0.1) is 0 Å². The van der Waals surface area contributed by atoms with Gasteiger partial charge in [0.1, 0.15) is 0 Å². The smallest absolute Gasteiger partial charge is 0.238 e. The van der Waals surface area contributed by atoms with Crippen LogP contribution < -0.4 is 5.32 Å². The fraction of sp³-hybridized carbons (Fsp3) is 0.632. The molecule has 0 spiro atoms. The monoisotopic (exact) mass is 318 g/mol. The predicted molar refractivity (Wildman–Crippen MR) is 94.7 cm³/mol. The molecule has 1 aromatic carbocycles. The average molecular weight is 318 g/mol. The van der Waals surface area contributed by atoms with Gasteiger partial charge in [0.05, 0.1) is 13.2 Å². The number of nitrogens with one attached hydrogen (secondary N) is 1. The third-order valence-corrected chi connectivity index (χ3v) is 4.96. The van der Waals surface area contributed by atoms with Crippen LogP contribution in [0.2, 0.25) is 0 Å². The van der Waals surface area contributed by atoms with Gasteiger partial charge >= 0.3 is 0 Å². The number of piperidine rings is 1. The lowest BCUT2D eigenvalue weighted by Crippen LogP contribution is -2.49. The molecule has 2 N–H and O–H groups in total. The molecule has 2 rings (SSSR count). The number of aliphatic hydroxyl groups excluding tert-OH is 1. The first kappa shape index (κ1) is 18.0. The predicted octanol–water partition coefficient (Wildman–Crippen LogP) is 3.15. The summed E-state index contributed by atoms with van der Waals surface area (Å²) < 4.78 is 0. The van der Waals surface area contributed by atoms with Crippen LogP contribution in [0.15, 0.2) is 18.2 Å². The number of likely N-dealkylation sites (tertiary alicyclic amines) is 1. The zero-order valence-electron chi connectivity index (χ0n) is 14.8. The van der Waals surface area contributed by atoms with Crippen LogP contribution in [-0.2, 0) is 4.79 Å². The third kappa shape index (κ3) is 4.33. The van der Waals surface area contributed by atoms with E-state index in [4.69, 9.17) is 0 Å². The molecular formula is C19H30N2O2. The molecule has 1 heterocycles. The van der Waals surface area contributed by atoms with Crippen LogP contribution in [0.5, 0.6) is 0 Å². The van der Waals surface area contributed by atoms with Crippen molar-refractivity contribution in [3.63, 3.8) is 0 Å². The first-order chi connectivity index (χ1) is 10.9. The second kappa shape index (κ2) is 7.93. The molecule has 1 aliphatic rings. The Morgan fingerprint density at radius 3 is 2.83 bits per heavy atom. The van der Waals surface area contributed by atoms with E-state index in [0.717, 1.165) is 30.6 Å². The van der Waals surface area contributed by atoms with Gasteiger partial charge in [0.15, 0.2) is 0 Å². The molecule has 0 aromatic heterocycles. The lowest BCUT2D eigenvalue weighted by Gasteiger charge is -2.38. The first-order valence-electron chi connectivity index (χ1n) is 8.68. The van der Waals surface area contributed by atoms with Crippen molar-refractivity contribution in [3.05, 3.63) is 29.3 Å². The maximum Gasteiger partial charge on any atom is 0.238 e. The molecule has 0 radical (unpaired) electrons. The Labute approximate surface area is 139 Å². The molecule has 0 aliphatic carbocycles. The van der Waals surface area contributed by atoms with Crippen LogP contribution in [0.4, 0.5) is 5.69 Å². The summed E-state index contributed by atoms with van der Waals surface area (Å²) in [7, 11) is 0. The Morgan fingerprint density at radius 1 is 1.43 bits per heavy atom. The molecule has 2 atom stereocenters. The highest BCUT2D eigenvalue weighted by Gasteiger charge is 2.29. The molecule has 4 nitrogen and oxygen atoms in total. The summed E-state index contributed by atoms with van der Waals surface area (Å²) in [6.07, 6.45) is 2.21. The van der Waals surface area contributed by atoms with E-state index in [1.807, 2.05) is 19.1 Å². The molecule has 4 heteroatoms. The molecule has 23 heavy (non-hydrogen) atoms. The number of aryl methyl sites for hydroxylation is 1. The molecule has 2 unspecified atom stereocenters. The van der Waals surface area contributed by atoms with E-state index in [1.165, 1.54) is 5.56 Å². The van der Waals surface area contributed by atoms with Crippen molar-refractivity contribution in [1.29, 1.82) is 0 Å². The van der Waals surface area contributed by atoms with Crippen molar-refractivity contribution < 1.29 is 9.90 Å². The number of hydrogen-bond acceptors (Lipinski definition) is 3. The van der Waals surface area contributed by atoms with Gasteiger partial charge < -0.3 is 10.4 Å². The number of anilines is 1. The maximum absolute atomic E-state index is 12.5. The molecule has 1 saturated heterocycles. The summed E-state index contributed by atoms with van der Waals surface area (Å²) in [6.45, 7) is 9.81. The maximum atomic E-state index is 12.5. The highest BCUT2D eigenvalue weighted by molar-refractivity contribution is 5.94. The third-order valence-electron chi connectivity index (χ3n) is 4.96. The normalized spacial score (nSPS) is 22.3. The summed E-state index contributed by atoms with van der Waals surface area (Å²) in [4.78, 5) is 14.7. The lowest BCUT2D eigenvalue weighted by molar-refractivity contribution is -0.118. The Balaban J connectivity index is 2.08. The second-order valence-electron chi connectivity index (χ2n) is 7.08. The van der Waals surface area contributed by atoms with Crippen LogP contribution in [0, 0.1) is 12.8 Å². The summed E-state index contributed by atoms with van der Waals surface area (Å²) in [5.74, 6) is 0.811. The van der Waals surface area contributed by atoms with Crippen LogP contribution >= 0.6 is 0 Å². The van der Waals surface area contributed by atoms with Crippen molar-refractivity contribution in [2.75, 3.05) is 25.0 Å². The number of nitrogens with zero attached hydrogens (tertiary/aromatic N) is 1. The number of rotatable bonds is 5. The number of amides is 1. The van der Waals surface area contributed by atoms with Crippen molar-refractivity contribution >= 4 is 11.6 Å². The number of para-hydroxylation sites is 1. The minimum Gasteiger partial charge on any atom is -0.395 e. The Bertz CT molecular complexity index is 542. The Kier molecular flexibility index (Phi) is 6.19. The van der Waals surface area contributed by atoms with Crippen molar-refractivity contribution in [3.8, 4) is 0 Å². The van der Waals surface area contributed by atoms with E-state index in [-0.39, 0.29) is 18.6 Å². The van der Waals surface area contributed by atoms with Gasteiger partial charge in [0.2, 0.25) is 5.91 Å². The van der Waals surface area contributed by atoms with Gasteiger partial charge in [-0.2, -0.15) is 0 Å². The standard InChI is InChI=1S/C19H30N2O2/c1-13(2)16-9-5-7-15(4)19(16)20-18(23)11-21-10-6-8-14(3)17(21)12-22/h5,7,9,13-14,17,22H,6,8,10-12H2,1-4H3,(H,20,23). The lowest BCUT2D eigenvalue weighted by atomic mass is 9.91. The van der Waals surface area contributed by atoms with Gasteiger partial charge in [-0.05, 0) is 49.3 Å². The van der Waals surface area contributed by atoms with E-state index in [1.54, 1.807) is 0 Å². The van der Waals surface area contributed by atoms with Gasteiger partial charge in [0.25, 0.3) is 0 Å². The van der Waals surface area contributed by atoms with E-state index in [2.05, 4.69) is 37.1 Å². The van der Waals surface area contributed by atoms with Crippen LogP contribution in [0.3, 0.4) is 0 Å². The molecule has 1 aliphatic heterocycles. The molecule has 0 saturated carbocycles. The summed E-state index contributed by atoms with van der Waals surface area (Å²) in [5, 5.41) is 12.7. The van der Waals surface area contributed by atoms with Crippen molar-refractivity contribution in [2.45, 2.75) is 52.5 Å². The van der Waals surface area contributed by atoms with Crippen LogP contribution in [0.1, 0.15) is 50.7 Å². The van der Waals surface area contributed by atoms with E-state index >= 15 is 0 Å². The highest BCUT2D eigenvalue weighted by Crippen LogP contribution is 2.28. The number of carbonyl (C=O) groups is 1. The second-order valence-corrected chi connectivity index (χ2v) is 7.08. The summed E-state index contributed by atoms with van der Waals surface area (Å²) in [6, 6.07) is 6.23. The fourth-order valence-electron chi connectivity index (χ4n) is 3.53. The zero-order chi connectivity index (χ0) is 17.0. The quantitative estimate of drug-likeness (QED) is 0.877. The van der Waals surface area contributed by atoms with E-state index in [0.29, 0.717) is 18.4 Å². The molecule has 1 fully saturated rings. The Hall–Kier alpha value is -1.39. The topological polar surface area (TPSA) is 52.6 Å². The molecular weight excluding hydrogens is 288 g/mol. The van der Waals surface area contributed by atoms with Crippen molar-refractivity contribution in [2.24, 2.45) is 5.92 Å². The summed E-state index contributed by atoms with van der Waals surface area (Å²) in [5.41, 5.74) is 3.21. The van der Waals surface area contributed by atoms with Gasteiger partial charge in [0, 0.05) is 11.7 Å². The minimum atomic E-state index is 0.00810. The number of hydrogen-bond donors (Lipinski definition) is 2. The fourth-order valence-corrected chi connectivity index (χ4v) is 3.53. The molecule has 0 bridgehead atoms. The first-order valence-corrected chi connectivity index (χ1v) is 8.68. The minimum absolute atomic E-state index is 0.00810. The Morgan fingerprint density at radius 2 is 2.17 bits per heavy atom. The summed E-state index contributed by atoms with van der Waals surface area (Å²) >= 11 is 0. The highest BCUT2D eigenvalue weighted by atomic mass is 16.3. The van der Waals surface area contributed by atoms with Crippen molar-refractivity contribution in [1.82, 2.24) is 4.90 Å². The largest absolute Gasteiger partial charge is 0.395 e. The molecule has 128 valence electrons.